The van der Waals surface area contributed by atoms with Crippen LogP contribution >= 0.6 is 11.6 Å². The molecule has 0 N–H and O–H groups in total. The monoisotopic (exact) mass is 415 g/mol. The summed E-state index contributed by atoms with van der Waals surface area (Å²) >= 11 is 6.17. The van der Waals surface area contributed by atoms with E-state index < -0.39 is 0 Å². The summed E-state index contributed by atoms with van der Waals surface area (Å²) in [5.41, 5.74) is 1.18. The SMILES string of the molecule is CC1CCN(Cc2nc3c(c(=O)n(C)c(=O)n3C)n2Cc2cccc(Cl)c2)CC1. The van der Waals surface area contributed by atoms with E-state index in [4.69, 9.17) is 16.6 Å². The summed E-state index contributed by atoms with van der Waals surface area (Å²) < 4.78 is 4.54. The summed E-state index contributed by atoms with van der Waals surface area (Å²) in [7, 11) is 3.17. The van der Waals surface area contributed by atoms with Crippen LogP contribution in [0, 0.1) is 5.92 Å². The molecule has 1 aliphatic heterocycles. The van der Waals surface area contributed by atoms with Crippen LogP contribution in [0.1, 0.15) is 31.2 Å². The van der Waals surface area contributed by atoms with Crippen LogP contribution in [-0.4, -0.2) is 36.7 Å². The zero-order valence-electron chi connectivity index (χ0n) is 17.1. The second-order valence-electron chi connectivity index (χ2n) is 8.08. The molecule has 1 saturated heterocycles. The van der Waals surface area contributed by atoms with Crippen molar-refractivity contribution in [1.29, 1.82) is 0 Å². The number of likely N-dealkylation sites (tertiary alicyclic amines) is 1. The van der Waals surface area contributed by atoms with Crippen LogP contribution in [0.5, 0.6) is 0 Å². The fraction of sp³-hybridized carbons (Fsp3) is 0.476. The Bertz CT molecular complexity index is 1170. The highest BCUT2D eigenvalue weighted by molar-refractivity contribution is 6.30. The molecular formula is C21H26ClN5O2. The summed E-state index contributed by atoms with van der Waals surface area (Å²) in [5, 5.41) is 0.652. The van der Waals surface area contributed by atoms with Crippen molar-refractivity contribution in [3.05, 3.63) is 61.5 Å². The minimum atomic E-state index is -0.367. The average molecular weight is 416 g/mol. The quantitative estimate of drug-likeness (QED) is 0.656. The lowest BCUT2D eigenvalue weighted by Crippen LogP contribution is -2.37. The summed E-state index contributed by atoms with van der Waals surface area (Å²) in [6.07, 6.45) is 2.32. The first-order valence-corrected chi connectivity index (χ1v) is 10.3. The number of halogens is 1. The molecule has 1 fully saturated rings. The van der Waals surface area contributed by atoms with Gasteiger partial charge in [-0.1, -0.05) is 30.7 Å². The van der Waals surface area contributed by atoms with E-state index >= 15 is 0 Å². The van der Waals surface area contributed by atoms with Crippen LogP contribution in [0.3, 0.4) is 0 Å². The van der Waals surface area contributed by atoms with E-state index in [0.717, 1.165) is 47.8 Å². The van der Waals surface area contributed by atoms with Crippen LogP contribution in [0.25, 0.3) is 11.2 Å². The fourth-order valence-corrected chi connectivity index (χ4v) is 4.23. The summed E-state index contributed by atoms with van der Waals surface area (Å²) in [6.45, 7) is 5.44. The molecule has 29 heavy (non-hydrogen) atoms. The van der Waals surface area contributed by atoms with Gasteiger partial charge in [0.25, 0.3) is 5.56 Å². The maximum Gasteiger partial charge on any atom is 0.332 e. The lowest BCUT2D eigenvalue weighted by molar-refractivity contribution is 0.180. The van der Waals surface area contributed by atoms with Crippen LogP contribution in [0.4, 0.5) is 0 Å². The van der Waals surface area contributed by atoms with E-state index in [1.807, 2.05) is 28.8 Å². The van der Waals surface area contributed by atoms with Crippen molar-refractivity contribution in [2.75, 3.05) is 13.1 Å². The molecule has 3 heterocycles. The van der Waals surface area contributed by atoms with Gasteiger partial charge in [-0.05, 0) is 49.5 Å². The molecule has 0 aliphatic carbocycles. The standard InChI is InChI=1S/C21H26ClN5O2/c1-14-7-9-26(10-8-14)13-17-23-19-18(20(28)25(3)21(29)24(19)2)27(17)12-15-5-4-6-16(22)11-15/h4-6,11,14H,7-10,12-13H2,1-3H3. The Labute approximate surface area is 174 Å². The molecule has 0 saturated carbocycles. The van der Waals surface area contributed by atoms with E-state index in [0.29, 0.717) is 29.3 Å². The van der Waals surface area contributed by atoms with Gasteiger partial charge in [-0.3, -0.25) is 18.8 Å². The molecule has 8 heteroatoms. The molecule has 1 aromatic carbocycles. The Hall–Kier alpha value is -2.38. The first kappa shape index (κ1) is 19.9. The Morgan fingerprint density at radius 3 is 2.52 bits per heavy atom. The van der Waals surface area contributed by atoms with E-state index in [9.17, 15) is 9.59 Å². The van der Waals surface area contributed by atoms with Gasteiger partial charge in [0.05, 0.1) is 6.54 Å². The summed E-state index contributed by atoms with van der Waals surface area (Å²) in [6, 6.07) is 7.61. The maximum atomic E-state index is 13.0. The van der Waals surface area contributed by atoms with Gasteiger partial charge in [0.1, 0.15) is 5.82 Å². The first-order valence-electron chi connectivity index (χ1n) is 9.97. The molecular weight excluding hydrogens is 390 g/mol. The smallest absolute Gasteiger partial charge is 0.317 e. The molecule has 4 rings (SSSR count). The van der Waals surface area contributed by atoms with Crippen LogP contribution in [0.2, 0.25) is 5.02 Å². The van der Waals surface area contributed by atoms with Crippen LogP contribution in [-0.2, 0) is 27.2 Å². The van der Waals surface area contributed by atoms with Crippen molar-refractivity contribution in [3.8, 4) is 0 Å². The minimum absolute atomic E-state index is 0.323. The second kappa shape index (κ2) is 7.80. The third kappa shape index (κ3) is 3.76. The zero-order valence-corrected chi connectivity index (χ0v) is 17.8. The predicted octanol–water partition coefficient (Wildman–Crippen LogP) is 2.37. The fourth-order valence-electron chi connectivity index (χ4n) is 4.02. The van der Waals surface area contributed by atoms with Crippen molar-refractivity contribution in [2.24, 2.45) is 20.0 Å². The highest BCUT2D eigenvalue weighted by atomic mass is 35.5. The number of nitrogens with zero attached hydrogens (tertiary/aromatic N) is 5. The van der Waals surface area contributed by atoms with Crippen LogP contribution < -0.4 is 11.2 Å². The van der Waals surface area contributed by atoms with Gasteiger partial charge in [-0.25, -0.2) is 9.78 Å². The highest BCUT2D eigenvalue weighted by Gasteiger charge is 2.22. The Kier molecular flexibility index (Phi) is 5.36. The lowest BCUT2D eigenvalue weighted by Gasteiger charge is -2.29. The number of benzene rings is 1. The second-order valence-corrected chi connectivity index (χ2v) is 8.52. The van der Waals surface area contributed by atoms with Crippen molar-refractivity contribution >= 4 is 22.8 Å². The Morgan fingerprint density at radius 2 is 1.83 bits per heavy atom. The van der Waals surface area contributed by atoms with E-state index in [2.05, 4.69) is 11.8 Å². The molecule has 1 aliphatic rings. The molecule has 0 unspecified atom stereocenters. The van der Waals surface area contributed by atoms with E-state index in [-0.39, 0.29) is 11.2 Å². The normalized spacial score (nSPS) is 16.0. The molecule has 0 amide bonds. The van der Waals surface area contributed by atoms with Gasteiger partial charge in [-0.2, -0.15) is 0 Å². The van der Waals surface area contributed by atoms with Gasteiger partial charge >= 0.3 is 5.69 Å². The van der Waals surface area contributed by atoms with E-state index in [1.165, 1.54) is 11.6 Å². The molecule has 7 nitrogen and oxygen atoms in total. The van der Waals surface area contributed by atoms with Crippen molar-refractivity contribution < 1.29 is 0 Å². The maximum absolute atomic E-state index is 13.0. The molecule has 0 radical (unpaired) electrons. The van der Waals surface area contributed by atoms with Gasteiger partial charge in [0.15, 0.2) is 11.2 Å². The first-order chi connectivity index (χ1) is 13.8. The summed E-state index contributed by atoms with van der Waals surface area (Å²) in [4.78, 5) is 32.5. The highest BCUT2D eigenvalue weighted by Crippen LogP contribution is 2.21. The Morgan fingerprint density at radius 1 is 1.10 bits per heavy atom. The van der Waals surface area contributed by atoms with Gasteiger partial charge in [0.2, 0.25) is 0 Å². The number of imidazole rings is 1. The number of aryl methyl sites for hydroxylation is 1. The number of hydrogen-bond acceptors (Lipinski definition) is 4. The van der Waals surface area contributed by atoms with Gasteiger partial charge in [-0.15, -0.1) is 0 Å². The van der Waals surface area contributed by atoms with Crippen molar-refractivity contribution in [3.63, 3.8) is 0 Å². The molecule has 3 aromatic rings. The van der Waals surface area contributed by atoms with E-state index in [1.54, 1.807) is 7.05 Å². The molecule has 0 spiro atoms. The molecule has 0 atom stereocenters. The largest absolute Gasteiger partial charge is 0.332 e. The third-order valence-electron chi connectivity index (χ3n) is 5.90. The predicted molar refractivity (Wildman–Crippen MR) is 114 cm³/mol. The number of rotatable bonds is 4. The molecule has 154 valence electrons. The third-order valence-corrected chi connectivity index (χ3v) is 6.13. The average Bonchev–Trinajstić information content (AvgIpc) is 3.04. The minimum Gasteiger partial charge on any atom is -0.317 e. The zero-order chi connectivity index (χ0) is 20.7. The Balaban J connectivity index is 1.84. The van der Waals surface area contributed by atoms with Crippen LogP contribution in [0.15, 0.2) is 33.9 Å². The van der Waals surface area contributed by atoms with Crippen molar-refractivity contribution in [2.45, 2.75) is 32.9 Å². The van der Waals surface area contributed by atoms with Gasteiger partial charge in [0, 0.05) is 25.7 Å². The summed E-state index contributed by atoms with van der Waals surface area (Å²) in [5.74, 6) is 1.54. The topological polar surface area (TPSA) is 65.1 Å². The van der Waals surface area contributed by atoms with Gasteiger partial charge < -0.3 is 4.57 Å². The van der Waals surface area contributed by atoms with Crippen molar-refractivity contribution in [1.82, 2.24) is 23.6 Å². The number of piperidine rings is 1. The molecule has 2 aromatic heterocycles. The molecule has 0 bridgehead atoms. The number of hydrogen-bond donors (Lipinski definition) is 0. The lowest BCUT2D eigenvalue weighted by atomic mass is 9.99. The number of aromatic nitrogens is 4. The number of fused-ring (bicyclic) bond motifs is 1.